The van der Waals surface area contributed by atoms with Crippen LogP contribution in [0.4, 0.5) is 0 Å². The largest absolute Gasteiger partial charge is 0.467 e. The molecular formula is C12H13NO2. The van der Waals surface area contributed by atoms with Crippen LogP contribution in [0.25, 0.3) is 10.9 Å². The van der Waals surface area contributed by atoms with E-state index >= 15 is 0 Å². The second kappa shape index (κ2) is 3.77. The van der Waals surface area contributed by atoms with Gasteiger partial charge in [0.1, 0.15) is 6.04 Å². The molecule has 3 heteroatoms. The molecule has 0 saturated heterocycles. The van der Waals surface area contributed by atoms with E-state index in [1.54, 1.807) is 0 Å². The van der Waals surface area contributed by atoms with Gasteiger partial charge in [-0.1, -0.05) is 18.2 Å². The smallest absolute Gasteiger partial charge is 0.328 e. The molecule has 1 atom stereocenters. The van der Waals surface area contributed by atoms with Crippen molar-refractivity contribution in [1.82, 2.24) is 4.57 Å². The van der Waals surface area contributed by atoms with E-state index in [1.807, 2.05) is 48.0 Å². The number of ether oxygens (including phenoxy) is 1. The molecule has 1 aromatic carbocycles. The molecular weight excluding hydrogens is 190 g/mol. The van der Waals surface area contributed by atoms with E-state index in [4.69, 9.17) is 4.74 Å². The molecule has 0 aliphatic heterocycles. The highest BCUT2D eigenvalue weighted by molar-refractivity contribution is 5.83. The lowest BCUT2D eigenvalue weighted by atomic mass is 10.2. The highest BCUT2D eigenvalue weighted by Crippen LogP contribution is 2.20. The van der Waals surface area contributed by atoms with Gasteiger partial charge in [0.25, 0.3) is 0 Å². The summed E-state index contributed by atoms with van der Waals surface area (Å²) >= 11 is 0. The van der Waals surface area contributed by atoms with Crippen LogP contribution in [0.3, 0.4) is 0 Å². The fourth-order valence-electron chi connectivity index (χ4n) is 1.73. The maximum Gasteiger partial charge on any atom is 0.328 e. The topological polar surface area (TPSA) is 31.2 Å². The summed E-state index contributed by atoms with van der Waals surface area (Å²) in [5.74, 6) is -0.226. The third-order valence-corrected chi connectivity index (χ3v) is 2.59. The average molecular weight is 203 g/mol. The van der Waals surface area contributed by atoms with Crippen LogP contribution >= 0.6 is 0 Å². The van der Waals surface area contributed by atoms with E-state index in [0.29, 0.717) is 0 Å². The van der Waals surface area contributed by atoms with Gasteiger partial charge in [-0.2, -0.15) is 0 Å². The van der Waals surface area contributed by atoms with Gasteiger partial charge < -0.3 is 9.30 Å². The molecule has 1 heterocycles. The quantitative estimate of drug-likeness (QED) is 0.702. The molecule has 1 aromatic heterocycles. The molecule has 2 aromatic rings. The highest BCUT2D eigenvalue weighted by atomic mass is 16.5. The number of esters is 1. The van der Waals surface area contributed by atoms with Crippen molar-refractivity contribution in [3.8, 4) is 0 Å². The number of aromatic nitrogens is 1. The van der Waals surface area contributed by atoms with Crippen LogP contribution in [0, 0.1) is 0 Å². The maximum atomic E-state index is 11.4. The van der Waals surface area contributed by atoms with Crippen molar-refractivity contribution in [2.45, 2.75) is 13.0 Å². The fourth-order valence-corrected chi connectivity index (χ4v) is 1.73. The maximum absolute atomic E-state index is 11.4. The Morgan fingerprint density at radius 2 is 2.07 bits per heavy atom. The van der Waals surface area contributed by atoms with E-state index in [0.717, 1.165) is 10.9 Å². The summed E-state index contributed by atoms with van der Waals surface area (Å²) in [4.78, 5) is 11.4. The van der Waals surface area contributed by atoms with E-state index in [-0.39, 0.29) is 12.0 Å². The fraction of sp³-hybridized carbons (Fsp3) is 0.250. The Morgan fingerprint density at radius 3 is 2.80 bits per heavy atom. The predicted octanol–water partition coefficient (Wildman–Crippen LogP) is 2.38. The summed E-state index contributed by atoms with van der Waals surface area (Å²) in [6, 6.07) is 9.67. The first-order chi connectivity index (χ1) is 7.24. The van der Waals surface area contributed by atoms with Gasteiger partial charge in [-0.05, 0) is 24.4 Å². The van der Waals surface area contributed by atoms with Crippen molar-refractivity contribution in [1.29, 1.82) is 0 Å². The van der Waals surface area contributed by atoms with E-state index in [9.17, 15) is 4.79 Å². The number of methoxy groups -OCH3 is 1. The van der Waals surface area contributed by atoms with E-state index in [1.165, 1.54) is 7.11 Å². The van der Waals surface area contributed by atoms with Crippen LogP contribution in [0.15, 0.2) is 36.5 Å². The summed E-state index contributed by atoms with van der Waals surface area (Å²) in [6.07, 6.45) is 1.91. The minimum atomic E-state index is -0.283. The molecule has 78 valence electrons. The van der Waals surface area contributed by atoms with E-state index < -0.39 is 0 Å². The second-order valence-corrected chi connectivity index (χ2v) is 3.48. The summed E-state index contributed by atoms with van der Waals surface area (Å²) in [5, 5.41) is 1.13. The monoisotopic (exact) mass is 203 g/mol. The number of nitrogens with zero attached hydrogens (tertiary/aromatic N) is 1. The van der Waals surface area contributed by atoms with Crippen molar-refractivity contribution in [3.05, 3.63) is 36.5 Å². The molecule has 0 spiro atoms. The van der Waals surface area contributed by atoms with Gasteiger partial charge in [0.2, 0.25) is 0 Å². The second-order valence-electron chi connectivity index (χ2n) is 3.48. The van der Waals surface area contributed by atoms with E-state index in [2.05, 4.69) is 0 Å². The van der Waals surface area contributed by atoms with Crippen molar-refractivity contribution in [2.24, 2.45) is 0 Å². The summed E-state index contributed by atoms with van der Waals surface area (Å²) < 4.78 is 6.64. The first-order valence-corrected chi connectivity index (χ1v) is 4.87. The zero-order valence-corrected chi connectivity index (χ0v) is 8.81. The molecule has 0 radical (unpaired) electrons. The first-order valence-electron chi connectivity index (χ1n) is 4.87. The minimum absolute atomic E-state index is 0.226. The summed E-state index contributed by atoms with van der Waals surface area (Å²) in [7, 11) is 1.41. The Kier molecular flexibility index (Phi) is 2.46. The minimum Gasteiger partial charge on any atom is -0.467 e. The molecule has 0 aliphatic rings. The average Bonchev–Trinajstić information content (AvgIpc) is 2.70. The third kappa shape index (κ3) is 1.61. The van der Waals surface area contributed by atoms with Gasteiger partial charge in [0.15, 0.2) is 0 Å². The number of para-hydroxylation sites is 1. The zero-order chi connectivity index (χ0) is 10.8. The first kappa shape index (κ1) is 9.77. The van der Waals surface area contributed by atoms with Crippen molar-refractivity contribution < 1.29 is 9.53 Å². The number of fused-ring (bicyclic) bond motifs is 1. The molecule has 0 aliphatic carbocycles. The Balaban J connectivity index is 2.48. The molecule has 0 amide bonds. The summed E-state index contributed by atoms with van der Waals surface area (Å²) in [6.45, 7) is 1.83. The molecule has 3 nitrogen and oxygen atoms in total. The van der Waals surface area contributed by atoms with Gasteiger partial charge in [-0.25, -0.2) is 4.79 Å². The highest BCUT2D eigenvalue weighted by Gasteiger charge is 2.16. The van der Waals surface area contributed by atoms with Crippen molar-refractivity contribution >= 4 is 16.9 Å². The molecule has 0 N–H and O–H groups in total. The zero-order valence-electron chi connectivity index (χ0n) is 8.81. The number of benzene rings is 1. The Labute approximate surface area is 88.3 Å². The van der Waals surface area contributed by atoms with Gasteiger partial charge in [0, 0.05) is 11.7 Å². The third-order valence-electron chi connectivity index (χ3n) is 2.59. The SMILES string of the molecule is COC(=O)[C@@H](C)n1ccc2ccccc21. The van der Waals surface area contributed by atoms with Gasteiger partial charge in [-0.15, -0.1) is 0 Å². The van der Waals surface area contributed by atoms with Gasteiger partial charge in [0.05, 0.1) is 7.11 Å². The van der Waals surface area contributed by atoms with Crippen LogP contribution in [0.1, 0.15) is 13.0 Å². The lowest BCUT2D eigenvalue weighted by Crippen LogP contribution is -2.16. The van der Waals surface area contributed by atoms with Gasteiger partial charge in [-0.3, -0.25) is 0 Å². The molecule has 0 unspecified atom stereocenters. The Hall–Kier alpha value is -1.77. The predicted molar refractivity (Wildman–Crippen MR) is 58.7 cm³/mol. The van der Waals surface area contributed by atoms with Crippen molar-refractivity contribution in [2.75, 3.05) is 7.11 Å². The lowest BCUT2D eigenvalue weighted by molar-refractivity contribution is -0.143. The number of carbonyl (C=O) groups is 1. The van der Waals surface area contributed by atoms with Crippen LogP contribution in [-0.4, -0.2) is 17.6 Å². The summed E-state index contributed by atoms with van der Waals surface area (Å²) in [5.41, 5.74) is 1.05. The van der Waals surface area contributed by atoms with Crippen LogP contribution in [0.5, 0.6) is 0 Å². The molecule has 15 heavy (non-hydrogen) atoms. The van der Waals surface area contributed by atoms with Crippen LogP contribution in [0.2, 0.25) is 0 Å². The van der Waals surface area contributed by atoms with Gasteiger partial charge >= 0.3 is 5.97 Å². The lowest BCUT2D eigenvalue weighted by Gasteiger charge is -2.12. The number of hydrogen-bond acceptors (Lipinski definition) is 2. The van der Waals surface area contributed by atoms with Crippen molar-refractivity contribution in [3.63, 3.8) is 0 Å². The standard InChI is InChI=1S/C12H13NO2/c1-9(12(14)15-2)13-8-7-10-5-3-4-6-11(10)13/h3-9H,1-2H3/t9-/m1/s1. The normalized spacial score (nSPS) is 12.7. The number of rotatable bonds is 2. The van der Waals surface area contributed by atoms with Crippen LogP contribution in [-0.2, 0) is 9.53 Å². The molecule has 0 fully saturated rings. The number of carbonyl (C=O) groups excluding carboxylic acids is 1. The number of hydrogen-bond donors (Lipinski definition) is 0. The Morgan fingerprint density at radius 1 is 1.33 bits per heavy atom. The Bertz CT molecular complexity index is 487. The van der Waals surface area contributed by atoms with Crippen LogP contribution < -0.4 is 0 Å². The molecule has 2 rings (SSSR count). The molecule has 0 bridgehead atoms. The molecule has 0 saturated carbocycles.